The predicted octanol–water partition coefficient (Wildman–Crippen LogP) is 2.71. The number of aliphatic imine (C=N–C) groups is 1. The molecule has 1 N–H and O–H groups in total. The van der Waals surface area contributed by atoms with Crippen molar-refractivity contribution in [3.8, 4) is 0 Å². The average molecular weight is 280 g/mol. The normalized spacial score (nSPS) is 22.5. The summed E-state index contributed by atoms with van der Waals surface area (Å²) in [5.41, 5.74) is 2.15. The summed E-state index contributed by atoms with van der Waals surface area (Å²) in [6.45, 7) is 3.10. The fourth-order valence-electron chi connectivity index (χ4n) is 2.44. The highest BCUT2D eigenvalue weighted by molar-refractivity contribution is 8.14. The van der Waals surface area contributed by atoms with Crippen molar-refractivity contribution in [1.29, 1.82) is 0 Å². The lowest BCUT2D eigenvalue weighted by Gasteiger charge is -2.18. The number of carbonyl (C=O) groups is 1. The van der Waals surface area contributed by atoms with Gasteiger partial charge in [0.15, 0.2) is 5.17 Å². The molecule has 5 heteroatoms. The van der Waals surface area contributed by atoms with Gasteiger partial charge in [-0.05, 0) is 30.7 Å². The van der Waals surface area contributed by atoms with E-state index in [1.807, 2.05) is 5.38 Å². The SMILES string of the molecule is C[C@@H]1CCc2c(C(=O)NC3=NCCS3)csc2C1. The summed E-state index contributed by atoms with van der Waals surface area (Å²) in [4.78, 5) is 17.9. The van der Waals surface area contributed by atoms with Crippen LogP contribution in [0.5, 0.6) is 0 Å². The highest BCUT2D eigenvalue weighted by Crippen LogP contribution is 2.32. The summed E-state index contributed by atoms with van der Waals surface area (Å²) in [6, 6.07) is 0. The van der Waals surface area contributed by atoms with E-state index in [0.717, 1.165) is 41.8 Å². The quantitative estimate of drug-likeness (QED) is 0.859. The number of amidine groups is 1. The number of hydrogen-bond donors (Lipinski definition) is 1. The molecular weight excluding hydrogens is 264 g/mol. The van der Waals surface area contributed by atoms with Gasteiger partial charge in [-0.15, -0.1) is 11.3 Å². The third-order valence-corrected chi connectivity index (χ3v) is 5.39. The van der Waals surface area contributed by atoms with E-state index in [0.29, 0.717) is 0 Å². The van der Waals surface area contributed by atoms with Gasteiger partial charge in [-0.2, -0.15) is 0 Å². The lowest BCUT2D eigenvalue weighted by atomic mass is 9.88. The smallest absolute Gasteiger partial charge is 0.258 e. The van der Waals surface area contributed by atoms with Crippen molar-refractivity contribution in [1.82, 2.24) is 5.32 Å². The first-order valence-electron chi connectivity index (χ1n) is 6.32. The molecule has 0 saturated heterocycles. The van der Waals surface area contributed by atoms with Crippen molar-refractivity contribution >= 4 is 34.2 Å². The van der Waals surface area contributed by atoms with E-state index in [-0.39, 0.29) is 5.91 Å². The minimum Gasteiger partial charge on any atom is -0.301 e. The van der Waals surface area contributed by atoms with Crippen LogP contribution >= 0.6 is 23.1 Å². The van der Waals surface area contributed by atoms with Crippen molar-refractivity contribution in [3.63, 3.8) is 0 Å². The first-order valence-corrected chi connectivity index (χ1v) is 8.18. The second-order valence-electron chi connectivity index (χ2n) is 4.89. The maximum Gasteiger partial charge on any atom is 0.258 e. The summed E-state index contributed by atoms with van der Waals surface area (Å²) in [5, 5.41) is 5.72. The molecule has 0 radical (unpaired) electrons. The van der Waals surface area contributed by atoms with E-state index in [9.17, 15) is 4.79 Å². The molecule has 0 unspecified atom stereocenters. The summed E-state index contributed by atoms with van der Waals surface area (Å²) < 4.78 is 0. The molecule has 1 aromatic heterocycles. The second kappa shape index (κ2) is 5.05. The number of rotatable bonds is 1. The van der Waals surface area contributed by atoms with Crippen molar-refractivity contribution in [2.75, 3.05) is 12.3 Å². The molecule has 96 valence electrons. The van der Waals surface area contributed by atoms with Crippen LogP contribution in [0.25, 0.3) is 0 Å². The highest BCUT2D eigenvalue weighted by atomic mass is 32.2. The summed E-state index contributed by atoms with van der Waals surface area (Å²) in [7, 11) is 0. The van der Waals surface area contributed by atoms with E-state index in [1.54, 1.807) is 23.1 Å². The Kier molecular flexibility index (Phi) is 3.43. The molecule has 1 aromatic rings. The van der Waals surface area contributed by atoms with E-state index < -0.39 is 0 Å². The van der Waals surface area contributed by atoms with Crippen LogP contribution in [-0.2, 0) is 12.8 Å². The fourth-order valence-corrected chi connectivity index (χ4v) is 4.41. The van der Waals surface area contributed by atoms with Gasteiger partial charge in [0.2, 0.25) is 0 Å². The Bertz CT molecular complexity index is 507. The topological polar surface area (TPSA) is 41.5 Å². The summed E-state index contributed by atoms with van der Waals surface area (Å²) >= 11 is 3.36. The molecule has 18 heavy (non-hydrogen) atoms. The number of nitrogens with one attached hydrogen (secondary N) is 1. The van der Waals surface area contributed by atoms with Crippen LogP contribution in [0.3, 0.4) is 0 Å². The van der Waals surface area contributed by atoms with Crippen molar-refractivity contribution < 1.29 is 4.79 Å². The zero-order valence-corrected chi connectivity index (χ0v) is 12.0. The van der Waals surface area contributed by atoms with Crippen LogP contribution in [0.4, 0.5) is 0 Å². The Balaban J connectivity index is 1.78. The number of thioether (sulfide) groups is 1. The van der Waals surface area contributed by atoms with Crippen molar-refractivity contribution in [3.05, 3.63) is 21.4 Å². The molecule has 3 rings (SSSR count). The van der Waals surface area contributed by atoms with Crippen LogP contribution in [0, 0.1) is 5.92 Å². The van der Waals surface area contributed by atoms with Gasteiger partial charge in [0.25, 0.3) is 5.91 Å². The third kappa shape index (κ3) is 2.34. The number of thiophene rings is 1. The van der Waals surface area contributed by atoms with Crippen molar-refractivity contribution in [2.45, 2.75) is 26.2 Å². The maximum atomic E-state index is 12.2. The molecule has 0 saturated carbocycles. The maximum absolute atomic E-state index is 12.2. The Hall–Kier alpha value is -0.810. The molecule has 2 aliphatic rings. The Morgan fingerprint density at radius 1 is 1.56 bits per heavy atom. The Labute approximate surface area is 115 Å². The predicted molar refractivity (Wildman–Crippen MR) is 77.7 cm³/mol. The van der Waals surface area contributed by atoms with E-state index >= 15 is 0 Å². The van der Waals surface area contributed by atoms with E-state index in [2.05, 4.69) is 17.2 Å². The number of nitrogens with zero attached hydrogens (tertiary/aromatic N) is 1. The zero-order valence-electron chi connectivity index (χ0n) is 10.4. The standard InChI is InChI=1S/C13H16N2OS2/c1-8-2-3-9-10(7-18-11(9)6-8)12(16)15-13-14-4-5-17-13/h7-8H,2-6H2,1H3,(H,14,15,16)/t8-/m1/s1. The van der Waals surface area contributed by atoms with Crippen LogP contribution in [0.2, 0.25) is 0 Å². The molecule has 0 fully saturated rings. The van der Waals surface area contributed by atoms with Gasteiger partial charge in [-0.3, -0.25) is 9.79 Å². The minimum absolute atomic E-state index is 0.0233. The van der Waals surface area contributed by atoms with Crippen LogP contribution in [0.15, 0.2) is 10.4 Å². The highest BCUT2D eigenvalue weighted by Gasteiger charge is 2.24. The molecular formula is C13H16N2OS2. The minimum atomic E-state index is 0.0233. The van der Waals surface area contributed by atoms with Crippen LogP contribution < -0.4 is 5.32 Å². The Morgan fingerprint density at radius 3 is 3.22 bits per heavy atom. The first kappa shape index (κ1) is 12.2. The van der Waals surface area contributed by atoms with Gasteiger partial charge < -0.3 is 5.32 Å². The molecule has 1 aliphatic carbocycles. The molecule has 1 aliphatic heterocycles. The van der Waals surface area contributed by atoms with Gasteiger partial charge in [0, 0.05) is 16.0 Å². The number of amides is 1. The molecule has 2 heterocycles. The van der Waals surface area contributed by atoms with Gasteiger partial charge >= 0.3 is 0 Å². The summed E-state index contributed by atoms with van der Waals surface area (Å²) in [6.07, 6.45) is 3.37. The average Bonchev–Trinajstić information content (AvgIpc) is 2.97. The molecule has 0 aromatic carbocycles. The Morgan fingerprint density at radius 2 is 2.44 bits per heavy atom. The molecule has 0 bridgehead atoms. The zero-order chi connectivity index (χ0) is 12.5. The van der Waals surface area contributed by atoms with E-state index in [1.165, 1.54) is 16.9 Å². The van der Waals surface area contributed by atoms with Crippen LogP contribution in [0.1, 0.15) is 34.1 Å². The third-order valence-electron chi connectivity index (χ3n) is 3.45. The monoisotopic (exact) mass is 280 g/mol. The fraction of sp³-hybridized carbons (Fsp3) is 0.538. The largest absolute Gasteiger partial charge is 0.301 e. The molecule has 3 nitrogen and oxygen atoms in total. The molecule has 1 atom stereocenters. The number of fused-ring (bicyclic) bond motifs is 1. The van der Waals surface area contributed by atoms with E-state index in [4.69, 9.17) is 0 Å². The van der Waals surface area contributed by atoms with Gasteiger partial charge in [-0.1, -0.05) is 18.7 Å². The second-order valence-corrected chi connectivity index (χ2v) is 6.94. The first-order chi connectivity index (χ1) is 8.74. The molecule has 1 amide bonds. The van der Waals surface area contributed by atoms with Gasteiger partial charge in [-0.25, -0.2) is 0 Å². The lowest BCUT2D eigenvalue weighted by Crippen LogP contribution is -2.28. The number of hydrogen-bond acceptors (Lipinski definition) is 4. The van der Waals surface area contributed by atoms with Gasteiger partial charge in [0.05, 0.1) is 12.1 Å². The van der Waals surface area contributed by atoms with Gasteiger partial charge in [0.1, 0.15) is 0 Å². The van der Waals surface area contributed by atoms with Crippen molar-refractivity contribution in [2.24, 2.45) is 10.9 Å². The van der Waals surface area contributed by atoms with Crippen LogP contribution in [-0.4, -0.2) is 23.4 Å². The lowest BCUT2D eigenvalue weighted by molar-refractivity contribution is 0.0977. The summed E-state index contributed by atoms with van der Waals surface area (Å²) in [5.74, 6) is 1.76. The molecule has 0 spiro atoms. The number of carbonyl (C=O) groups excluding carboxylic acids is 1.